The summed E-state index contributed by atoms with van der Waals surface area (Å²) in [6, 6.07) is 8.51. The van der Waals surface area contributed by atoms with E-state index in [0.717, 1.165) is 60.2 Å². The van der Waals surface area contributed by atoms with Crippen molar-refractivity contribution in [2.75, 3.05) is 33.2 Å². The Hall–Kier alpha value is -1.17. The van der Waals surface area contributed by atoms with Crippen molar-refractivity contribution in [1.29, 1.82) is 0 Å². The molecule has 1 aromatic rings. The van der Waals surface area contributed by atoms with Gasteiger partial charge in [0.15, 0.2) is 0 Å². The highest BCUT2D eigenvalue weighted by molar-refractivity contribution is 8.04. The molecule has 6 heteroatoms. The quantitative estimate of drug-likeness (QED) is 0.713. The maximum absolute atomic E-state index is 13.2. The summed E-state index contributed by atoms with van der Waals surface area (Å²) in [5, 5.41) is 0.814. The molecule has 27 heavy (non-hydrogen) atoms. The smallest absolute Gasteiger partial charge is 0.262 e. The zero-order valence-corrected chi connectivity index (χ0v) is 18.3. The van der Waals surface area contributed by atoms with Gasteiger partial charge in [-0.3, -0.25) is 4.79 Å². The van der Waals surface area contributed by atoms with E-state index in [0.29, 0.717) is 6.04 Å². The van der Waals surface area contributed by atoms with Gasteiger partial charge in [0.2, 0.25) is 0 Å². The van der Waals surface area contributed by atoms with Crippen molar-refractivity contribution in [3.63, 3.8) is 0 Å². The van der Waals surface area contributed by atoms with Gasteiger partial charge in [0, 0.05) is 42.5 Å². The molecule has 4 nitrogen and oxygen atoms in total. The van der Waals surface area contributed by atoms with Gasteiger partial charge in [-0.1, -0.05) is 55.4 Å². The predicted octanol–water partition coefficient (Wildman–Crippen LogP) is 4.58. The average molecular weight is 408 g/mol. The summed E-state index contributed by atoms with van der Waals surface area (Å²) >= 11 is 8.04. The number of hydrogen-bond donors (Lipinski definition) is 0. The lowest BCUT2D eigenvalue weighted by Crippen LogP contribution is -2.46. The molecule has 148 valence electrons. The zero-order chi connectivity index (χ0) is 19.6. The van der Waals surface area contributed by atoms with E-state index in [-0.39, 0.29) is 11.3 Å². The Labute approximate surface area is 172 Å². The van der Waals surface area contributed by atoms with Gasteiger partial charge in [0.1, 0.15) is 5.37 Å². The first-order valence-electron chi connectivity index (χ1n) is 9.86. The van der Waals surface area contributed by atoms with Gasteiger partial charge in [0.05, 0.1) is 4.91 Å². The van der Waals surface area contributed by atoms with Crippen molar-refractivity contribution >= 4 is 29.3 Å². The van der Waals surface area contributed by atoms with Crippen molar-refractivity contribution in [2.45, 2.75) is 45.0 Å². The summed E-state index contributed by atoms with van der Waals surface area (Å²) in [4.78, 5) is 20.8. The van der Waals surface area contributed by atoms with E-state index < -0.39 is 0 Å². The maximum Gasteiger partial charge on any atom is 0.262 e. The van der Waals surface area contributed by atoms with Gasteiger partial charge in [-0.25, -0.2) is 0 Å². The number of thioether (sulfide) groups is 1. The summed E-state index contributed by atoms with van der Waals surface area (Å²) in [7, 11) is 2.04. The molecule has 2 aliphatic rings. The number of likely N-dealkylation sites (tertiary alicyclic amines) is 1. The van der Waals surface area contributed by atoms with E-state index in [1.54, 1.807) is 11.8 Å². The fraction of sp³-hybridized carbons (Fsp3) is 0.571. The van der Waals surface area contributed by atoms with Crippen LogP contribution in [0.5, 0.6) is 0 Å². The van der Waals surface area contributed by atoms with Crippen LogP contribution in [0.15, 0.2) is 34.9 Å². The summed E-state index contributed by atoms with van der Waals surface area (Å²) in [5.74, 6) is 0.178. The lowest BCUT2D eigenvalue weighted by atomic mass is 10.0. The lowest BCUT2D eigenvalue weighted by Gasteiger charge is -2.37. The number of piperidine rings is 1. The van der Waals surface area contributed by atoms with Gasteiger partial charge in [0.25, 0.3) is 5.91 Å². The minimum atomic E-state index is 0.0610. The Morgan fingerprint density at radius 1 is 1.22 bits per heavy atom. The van der Waals surface area contributed by atoms with E-state index >= 15 is 0 Å². The summed E-state index contributed by atoms with van der Waals surface area (Å²) in [6.45, 7) is 10.3. The van der Waals surface area contributed by atoms with Gasteiger partial charge >= 0.3 is 0 Å². The Morgan fingerprint density at radius 3 is 2.44 bits per heavy atom. The van der Waals surface area contributed by atoms with Crippen molar-refractivity contribution in [1.82, 2.24) is 14.7 Å². The number of carbonyl (C=O) groups is 1. The van der Waals surface area contributed by atoms with Crippen LogP contribution in [0, 0.1) is 0 Å². The Balaban J connectivity index is 1.68. The van der Waals surface area contributed by atoms with Crippen molar-refractivity contribution in [3.05, 3.63) is 45.5 Å². The number of amides is 1. The summed E-state index contributed by atoms with van der Waals surface area (Å²) < 4.78 is 0. The number of allylic oxidation sites excluding steroid dienone is 1. The first-order chi connectivity index (χ1) is 13.0. The molecule has 0 saturated carbocycles. The standard InChI is InChI=1S/C21H30ClN3OS/c1-5-24(6-2)16-11-13-25(14-12-16)20(26)19-15(3)23(4)21(27-19)17-9-7-8-10-18(17)22/h7-10,16,21H,5-6,11-14H2,1-4H3. The van der Waals surface area contributed by atoms with Gasteiger partial charge < -0.3 is 14.7 Å². The minimum absolute atomic E-state index is 0.0610. The molecule has 2 aliphatic heterocycles. The third-order valence-electron chi connectivity index (χ3n) is 5.88. The topological polar surface area (TPSA) is 26.8 Å². The number of benzene rings is 1. The molecule has 2 heterocycles. The highest BCUT2D eigenvalue weighted by atomic mass is 35.5. The molecule has 1 saturated heterocycles. The maximum atomic E-state index is 13.2. The molecule has 0 spiro atoms. The monoisotopic (exact) mass is 407 g/mol. The second kappa shape index (κ2) is 8.89. The van der Waals surface area contributed by atoms with Gasteiger partial charge in [-0.05, 0) is 38.9 Å². The molecule has 3 rings (SSSR count). The molecule has 1 atom stereocenters. The van der Waals surface area contributed by atoms with Crippen LogP contribution in [0.4, 0.5) is 0 Å². The van der Waals surface area contributed by atoms with Crippen LogP contribution in [-0.2, 0) is 4.79 Å². The van der Waals surface area contributed by atoms with Crippen molar-refractivity contribution < 1.29 is 4.79 Å². The molecule has 0 N–H and O–H groups in total. The van der Waals surface area contributed by atoms with Crippen LogP contribution in [0.25, 0.3) is 0 Å². The van der Waals surface area contributed by atoms with Crippen molar-refractivity contribution in [3.8, 4) is 0 Å². The molecule has 0 aromatic heterocycles. The van der Waals surface area contributed by atoms with E-state index in [1.807, 2.05) is 43.1 Å². The number of hydrogen-bond acceptors (Lipinski definition) is 4. The first kappa shape index (κ1) is 20.6. The summed E-state index contributed by atoms with van der Waals surface area (Å²) in [6.07, 6.45) is 2.13. The third-order valence-corrected chi connectivity index (χ3v) is 7.73. The molecule has 1 fully saturated rings. The number of halogens is 1. The van der Waals surface area contributed by atoms with Crippen LogP contribution in [0.2, 0.25) is 5.02 Å². The third kappa shape index (κ3) is 4.15. The van der Waals surface area contributed by atoms with Crippen LogP contribution in [-0.4, -0.2) is 59.9 Å². The van der Waals surface area contributed by atoms with Crippen LogP contribution >= 0.6 is 23.4 Å². The number of carbonyl (C=O) groups excluding carboxylic acids is 1. The second-order valence-electron chi connectivity index (χ2n) is 7.26. The fourth-order valence-electron chi connectivity index (χ4n) is 4.08. The van der Waals surface area contributed by atoms with E-state index in [9.17, 15) is 4.79 Å². The van der Waals surface area contributed by atoms with E-state index in [2.05, 4.69) is 23.6 Å². The molecule has 1 aromatic carbocycles. The summed E-state index contributed by atoms with van der Waals surface area (Å²) in [5.41, 5.74) is 2.11. The van der Waals surface area contributed by atoms with Crippen LogP contribution in [0.1, 0.15) is 44.6 Å². The molecule has 1 amide bonds. The molecule has 0 aliphatic carbocycles. The largest absolute Gasteiger partial charge is 0.361 e. The molecule has 0 radical (unpaired) electrons. The fourth-order valence-corrected chi connectivity index (χ4v) is 5.80. The van der Waals surface area contributed by atoms with Gasteiger partial charge in [-0.2, -0.15) is 0 Å². The number of nitrogens with zero attached hydrogens (tertiary/aromatic N) is 3. The molecule has 0 bridgehead atoms. The molecular formula is C21H30ClN3OS. The Bertz CT molecular complexity index is 711. The predicted molar refractivity (Wildman–Crippen MR) is 115 cm³/mol. The van der Waals surface area contributed by atoms with Gasteiger partial charge in [-0.15, -0.1) is 0 Å². The SMILES string of the molecule is CCN(CC)C1CCN(C(=O)C2=C(C)N(C)C(c3ccccc3Cl)S2)CC1. The van der Waals surface area contributed by atoms with Crippen LogP contribution in [0.3, 0.4) is 0 Å². The van der Waals surface area contributed by atoms with Crippen molar-refractivity contribution in [2.24, 2.45) is 0 Å². The van der Waals surface area contributed by atoms with Crippen LogP contribution < -0.4 is 0 Å². The highest BCUT2D eigenvalue weighted by Gasteiger charge is 2.36. The lowest BCUT2D eigenvalue weighted by molar-refractivity contribution is -0.128. The zero-order valence-electron chi connectivity index (χ0n) is 16.7. The Morgan fingerprint density at radius 2 is 1.85 bits per heavy atom. The van der Waals surface area contributed by atoms with E-state index in [4.69, 9.17) is 11.6 Å². The average Bonchev–Trinajstić information content (AvgIpc) is 2.98. The Kier molecular flexibility index (Phi) is 6.77. The highest BCUT2D eigenvalue weighted by Crippen LogP contribution is 2.48. The number of rotatable bonds is 5. The normalized spacial score (nSPS) is 21.5. The van der Waals surface area contributed by atoms with E-state index in [1.165, 1.54) is 0 Å². The second-order valence-corrected chi connectivity index (χ2v) is 8.76. The molecule has 1 unspecified atom stereocenters. The molecular weight excluding hydrogens is 378 g/mol. The first-order valence-corrected chi connectivity index (χ1v) is 11.1. The minimum Gasteiger partial charge on any atom is -0.361 e.